The molecule has 0 amide bonds. The Kier molecular flexibility index (Phi) is 3.54. The number of halogens is 3. The van der Waals surface area contributed by atoms with E-state index in [4.69, 9.17) is 0 Å². The third-order valence-corrected chi connectivity index (χ3v) is 3.19. The fourth-order valence-corrected chi connectivity index (χ4v) is 2.25. The van der Waals surface area contributed by atoms with Crippen LogP contribution in [0.4, 0.5) is 8.78 Å². The Bertz CT molecular complexity index is 361. The van der Waals surface area contributed by atoms with Crippen LogP contribution in [0.3, 0.4) is 0 Å². The minimum Gasteiger partial charge on any atom is -0.299 e. The first-order valence-corrected chi connectivity index (χ1v) is 6.04. The zero-order valence-corrected chi connectivity index (χ0v) is 10.4. The number of nitrogens with zero attached hydrogens (tertiary/aromatic N) is 2. The average molecular weight is 291 g/mol. The second-order valence-electron chi connectivity index (χ2n) is 4.14. The number of pyridine rings is 1. The van der Waals surface area contributed by atoms with Gasteiger partial charge >= 0.3 is 0 Å². The van der Waals surface area contributed by atoms with Gasteiger partial charge in [-0.2, -0.15) is 0 Å². The zero-order chi connectivity index (χ0) is 11.6. The first-order valence-electron chi connectivity index (χ1n) is 5.25. The molecule has 0 unspecified atom stereocenters. The smallest absolute Gasteiger partial charge is 0.250 e. The van der Waals surface area contributed by atoms with E-state index in [9.17, 15) is 8.78 Å². The van der Waals surface area contributed by atoms with Crippen molar-refractivity contribution in [1.82, 2.24) is 9.88 Å². The minimum atomic E-state index is -2.47. The molecular weight excluding hydrogens is 278 g/mol. The third kappa shape index (κ3) is 3.22. The second kappa shape index (κ2) is 4.75. The summed E-state index contributed by atoms with van der Waals surface area (Å²) < 4.78 is 26.8. The van der Waals surface area contributed by atoms with Crippen LogP contribution < -0.4 is 0 Å². The standard InChI is InChI=1S/C11H13BrF2N2/c12-10-5-9(6-15-7-10)8-16-3-1-11(13,14)2-4-16/h5-7H,1-4,8H2. The lowest BCUT2D eigenvalue weighted by Gasteiger charge is -2.31. The van der Waals surface area contributed by atoms with Crippen LogP contribution in [0.15, 0.2) is 22.9 Å². The van der Waals surface area contributed by atoms with Crippen LogP contribution in [0, 0.1) is 0 Å². The molecular formula is C11H13BrF2N2. The van der Waals surface area contributed by atoms with Crippen molar-refractivity contribution in [2.24, 2.45) is 0 Å². The molecule has 1 fully saturated rings. The Morgan fingerprint density at radius 2 is 2.00 bits per heavy atom. The highest BCUT2D eigenvalue weighted by atomic mass is 79.9. The number of alkyl halides is 2. The molecule has 1 aromatic heterocycles. The van der Waals surface area contributed by atoms with Gasteiger partial charge in [0.05, 0.1) is 0 Å². The predicted octanol–water partition coefficient (Wildman–Crippen LogP) is 3.08. The zero-order valence-electron chi connectivity index (χ0n) is 8.80. The molecule has 0 spiro atoms. The fraction of sp³-hybridized carbons (Fsp3) is 0.545. The number of hydrogen-bond donors (Lipinski definition) is 0. The van der Waals surface area contributed by atoms with E-state index in [1.54, 1.807) is 12.4 Å². The van der Waals surface area contributed by atoms with Crippen LogP contribution >= 0.6 is 15.9 Å². The molecule has 16 heavy (non-hydrogen) atoms. The van der Waals surface area contributed by atoms with Crippen molar-refractivity contribution in [2.45, 2.75) is 25.3 Å². The Morgan fingerprint density at radius 3 is 2.62 bits per heavy atom. The lowest BCUT2D eigenvalue weighted by atomic mass is 10.1. The molecule has 0 bridgehead atoms. The predicted molar refractivity (Wildman–Crippen MR) is 61.4 cm³/mol. The van der Waals surface area contributed by atoms with Gasteiger partial charge < -0.3 is 0 Å². The van der Waals surface area contributed by atoms with E-state index in [-0.39, 0.29) is 12.8 Å². The molecule has 1 saturated heterocycles. The first-order chi connectivity index (χ1) is 7.55. The molecule has 2 nitrogen and oxygen atoms in total. The summed E-state index contributed by atoms with van der Waals surface area (Å²) in [6, 6.07) is 1.97. The molecule has 5 heteroatoms. The molecule has 0 N–H and O–H groups in total. The molecule has 0 saturated carbocycles. The van der Waals surface area contributed by atoms with Crippen molar-refractivity contribution in [3.8, 4) is 0 Å². The van der Waals surface area contributed by atoms with Crippen molar-refractivity contribution < 1.29 is 8.78 Å². The van der Waals surface area contributed by atoms with E-state index in [1.165, 1.54) is 0 Å². The fourth-order valence-electron chi connectivity index (χ4n) is 1.84. The van der Waals surface area contributed by atoms with E-state index < -0.39 is 5.92 Å². The molecule has 2 heterocycles. The molecule has 88 valence electrons. The number of likely N-dealkylation sites (tertiary alicyclic amines) is 1. The maximum Gasteiger partial charge on any atom is 0.250 e. The summed E-state index contributed by atoms with van der Waals surface area (Å²) in [4.78, 5) is 6.10. The molecule has 0 aliphatic carbocycles. The van der Waals surface area contributed by atoms with Crippen LogP contribution in [0.5, 0.6) is 0 Å². The number of hydrogen-bond acceptors (Lipinski definition) is 2. The molecule has 2 rings (SSSR count). The molecule has 0 radical (unpaired) electrons. The van der Waals surface area contributed by atoms with E-state index in [1.807, 2.05) is 11.0 Å². The van der Waals surface area contributed by atoms with E-state index in [0.717, 1.165) is 10.0 Å². The largest absolute Gasteiger partial charge is 0.299 e. The van der Waals surface area contributed by atoms with Crippen LogP contribution in [0.2, 0.25) is 0 Å². The lowest BCUT2D eigenvalue weighted by molar-refractivity contribution is -0.0566. The Hall–Kier alpha value is -0.550. The molecule has 1 aliphatic rings. The number of piperidine rings is 1. The SMILES string of the molecule is FC1(F)CCN(Cc2cncc(Br)c2)CC1. The van der Waals surface area contributed by atoms with Crippen molar-refractivity contribution >= 4 is 15.9 Å². The number of rotatable bonds is 2. The monoisotopic (exact) mass is 290 g/mol. The second-order valence-corrected chi connectivity index (χ2v) is 5.06. The Balaban J connectivity index is 1.92. The van der Waals surface area contributed by atoms with Crippen molar-refractivity contribution in [3.05, 3.63) is 28.5 Å². The van der Waals surface area contributed by atoms with Gasteiger partial charge in [0.1, 0.15) is 0 Å². The normalized spacial score (nSPS) is 20.9. The summed E-state index contributed by atoms with van der Waals surface area (Å²) in [6.45, 7) is 1.61. The van der Waals surface area contributed by atoms with Gasteiger partial charge in [-0.1, -0.05) is 0 Å². The van der Waals surface area contributed by atoms with Gasteiger partial charge in [-0.25, -0.2) is 8.78 Å². The summed E-state index contributed by atoms with van der Waals surface area (Å²) in [5.74, 6) is -2.47. The highest BCUT2D eigenvalue weighted by Crippen LogP contribution is 2.28. The van der Waals surface area contributed by atoms with Gasteiger partial charge in [-0.3, -0.25) is 9.88 Å². The topological polar surface area (TPSA) is 16.1 Å². The Labute approximate surface area is 102 Å². The van der Waals surface area contributed by atoms with Gasteiger partial charge in [-0.15, -0.1) is 0 Å². The van der Waals surface area contributed by atoms with Crippen LogP contribution in [-0.2, 0) is 6.54 Å². The maximum absolute atomic E-state index is 12.9. The van der Waals surface area contributed by atoms with Crippen LogP contribution in [0.25, 0.3) is 0 Å². The first kappa shape index (κ1) is 11.9. The highest BCUT2D eigenvalue weighted by Gasteiger charge is 2.33. The molecule has 1 aromatic rings. The highest BCUT2D eigenvalue weighted by molar-refractivity contribution is 9.10. The lowest BCUT2D eigenvalue weighted by Crippen LogP contribution is -2.38. The molecule has 1 aliphatic heterocycles. The quantitative estimate of drug-likeness (QED) is 0.832. The van der Waals surface area contributed by atoms with Gasteiger partial charge in [0.25, 0.3) is 5.92 Å². The molecule has 0 aromatic carbocycles. The minimum absolute atomic E-state index is 0.0333. The summed E-state index contributed by atoms with van der Waals surface area (Å²) >= 11 is 3.34. The average Bonchev–Trinajstić information content (AvgIpc) is 2.21. The summed E-state index contributed by atoms with van der Waals surface area (Å²) in [7, 11) is 0. The van der Waals surface area contributed by atoms with Gasteiger partial charge in [0.2, 0.25) is 0 Å². The van der Waals surface area contributed by atoms with Gasteiger partial charge in [0.15, 0.2) is 0 Å². The Morgan fingerprint density at radius 1 is 1.31 bits per heavy atom. The summed E-state index contributed by atoms with van der Waals surface area (Å²) in [6.07, 6.45) is 3.42. The van der Waals surface area contributed by atoms with Crippen molar-refractivity contribution in [1.29, 1.82) is 0 Å². The van der Waals surface area contributed by atoms with Crippen molar-refractivity contribution in [2.75, 3.05) is 13.1 Å². The van der Waals surface area contributed by atoms with Crippen molar-refractivity contribution in [3.63, 3.8) is 0 Å². The van der Waals surface area contributed by atoms with Crippen LogP contribution in [0.1, 0.15) is 18.4 Å². The van der Waals surface area contributed by atoms with E-state index in [0.29, 0.717) is 19.6 Å². The maximum atomic E-state index is 12.9. The number of aromatic nitrogens is 1. The van der Waals surface area contributed by atoms with Crippen LogP contribution in [-0.4, -0.2) is 28.9 Å². The third-order valence-electron chi connectivity index (χ3n) is 2.76. The summed E-state index contributed by atoms with van der Waals surface area (Å²) in [5, 5.41) is 0. The van der Waals surface area contributed by atoms with E-state index >= 15 is 0 Å². The summed E-state index contributed by atoms with van der Waals surface area (Å²) in [5.41, 5.74) is 1.06. The van der Waals surface area contributed by atoms with Gasteiger partial charge in [0, 0.05) is 49.3 Å². The molecule has 0 atom stereocenters. The van der Waals surface area contributed by atoms with E-state index in [2.05, 4.69) is 20.9 Å². The van der Waals surface area contributed by atoms with Gasteiger partial charge in [-0.05, 0) is 27.6 Å².